The molecule has 0 aromatic carbocycles. The van der Waals surface area contributed by atoms with E-state index in [9.17, 15) is 9.59 Å². The number of rotatable bonds is 2. The van der Waals surface area contributed by atoms with Crippen molar-refractivity contribution in [3.05, 3.63) is 11.8 Å². The standard InChI is InChI=1S/C14H23NO4/c1-10-6-5-7-13(19-11(2)16)8-12(15(3)4)9-14(17)18-10/h9-10,13H,5-8H2,1-4H3/b12-9+. The Morgan fingerprint density at radius 3 is 2.68 bits per heavy atom. The van der Waals surface area contributed by atoms with Gasteiger partial charge < -0.3 is 14.4 Å². The zero-order chi connectivity index (χ0) is 14.4. The Morgan fingerprint density at radius 2 is 2.11 bits per heavy atom. The van der Waals surface area contributed by atoms with Crippen LogP contribution in [0.1, 0.15) is 39.5 Å². The van der Waals surface area contributed by atoms with Gasteiger partial charge in [-0.15, -0.1) is 0 Å². The summed E-state index contributed by atoms with van der Waals surface area (Å²) >= 11 is 0. The fourth-order valence-electron chi connectivity index (χ4n) is 2.10. The molecule has 1 aliphatic heterocycles. The Balaban J connectivity index is 2.87. The lowest BCUT2D eigenvalue weighted by Crippen LogP contribution is -2.25. The van der Waals surface area contributed by atoms with Crippen LogP contribution >= 0.6 is 0 Å². The number of carbonyl (C=O) groups excluding carboxylic acids is 2. The second kappa shape index (κ2) is 7.16. The van der Waals surface area contributed by atoms with Crippen LogP contribution in [0.2, 0.25) is 0 Å². The number of nitrogens with zero attached hydrogens (tertiary/aromatic N) is 1. The lowest BCUT2D eigenvalue weighted by atomic mass is 10.0. The van der Waals surface area contributed by atoms with E-state index in [1.54, 1.807) is 0 Å². The van der Waals surface area contributed by atoms with E-state index in [2.05, 4.69) is 0 Å². The highest BCUT2D eigenvalue weighted by molar-refractivity contribution is 5.82. The largest absolute Gasteiger partial charge is 0.462 e. The van der Waals surface area contributed by atoms with Gasteiger partial charge in [0, 0.05) is 39.2 Å². The summed E-state index contributed by atoms with van der Waals surface area (Å²) in [6, 6.07) is 0. The third-order valence-electron chi connectivity index (χ3n) is 3.08. The van der Waals surface area contributed by atoms with Crippen molar-refractivity contribution in [1.82, 2.24) is 4.90 Å². The van der Waals surface area contributed by atoms with Gasteiger partial charge in [-0.1, -0.05) is 0 Å². The number of ether oxygens (including phenoxy) is 2. The molecule has 0 amide bonds. The summed E-state index contributed by atoms with van der Waals surface area (Å²) in [5.41, 5.74) is 0.811. The monoisotopic (exact) mass is 269 g/mol. The lowest BCUT2D eigenvalue weighted by molar-refractivity contribution is -0.147. The Labute approximate surface area is 114 Å². The Morgan fingerprint density at radius 1 is 1.42 bits per heavy atom. The molecule has 0 aromatic rings. The number of hydrogen-bond donors (Lipinski definition) is 0. The van der Waals surface area contributed by atoms with Crippen LogP contribution in [0, 0.1) is 0 Å². The van der Waals surface area contributed by atoms with Crippen LogP contribution in [0.3, 0.4) is 0 Å². The molecule has 108 valence electrons. The first kappa shape index (κ1) is 15.5. The highest BCUT2D eigenvalue weighted by atomic mass is 16.5. The Bertz CT molecular complexity index is 362. The van der Waals surface area contributed by atoms with Gasteiger partial charge in [0.1, 0.15) is 6.10 Å². The van der Waals surface area contributed by atoms with Crippen LogP contribution in [0.15, 0.2) is 11.8 Å². The average Bonchev–Trinajstić information content (AvgIpc) is 2.26. The number of cyclic esters (lactones) is 1. The van der Waals surface area contributed by atoms with Crippen molar-refractivity contribution in [1.29, 1.82) is 0 Å². The van der Waals surface area contributed by atoms with Crippen LogP contribution in [0.25, 0.3) is 0 Å². The third-order valence-corrected chi connectivity index (χ3v) is 3.08. The van der Waals surface area contributed by atoms with Crippen molar-refractivity contribution < 1.29 is 19.1 Å². The Kier molecular flexibility index (Phi) is 5.86. The summed E-state index contributed by atoms with van der Waals surface area (Å²) in [6.45, 7) is 3.29. The molecule has 5 nitrogen and oxygen atoms in total. The molecule has 0 aromatic heterocycles. The molecule has 5 heteroatoms. The first-order valence-corrected chi connectivity index (χ1v) is 6.64. The molecule has 1 heterocycles. The summed E-state index contributed by atoms with van der Waals surface area (Å²) in [6.07, 6.45) is 4.18. The van der Waals surface area contributed by atoms with Crippen molar-refractivity contribution >= 4 is 11.9 Å². The summed E-state index contributed by atoms with van der Waals surface area (Å²) in [5.74, 6) is -0.615. The highest BCUT2D eigenvalue weighted by Crippen LogP contribution is 2.20. The second-order valence-corrected chi connectivity index (χ2v) is 5.14. The molecule has 2 atom stereocenters. The minimum Gasteiger partial charge on any atom is -0.462 e. The molecule has 0 aliphatic carbocycles. The molecule has 0 saturated heterocycles. The van der Waals surface area contributed by atoms with Gasteiger partial charge in [-0.05, 0) is 26.2 Å². The fourth-order valence-corrected chi connectivity index (χ4v) is 2.10. The van der Waals surface area contributed by atoms with Gasteiger partial charge in [-0.2, -0.15) is 0 Å². The minimum absolute atomic E-state index is 0.108. The van der Waals surface area contributed by atoms with Crippen LogP contribution in [0.5, 0.6) is 0 Å². The SMILES string of the molecule is CC(=O)OC1CCCC(C)OC(=O)/C=C(/N(C)C)C1. The van der Waals surface area contributed by atoms with Crippen LogP contribution in [0.4, 0.5) is 0 Å². The van der Waals surface area contributed by atoms with Gasteiger partial charge in [0.15, 0.2) is 0 Å². The molecule has 0 radical (unpaired) electrons. The fraction of sp³-hybridized carbons (Fsp3) is 0.714. The van der Waals surface area contributed by atoms with Crippen LogP contribution in [-0.4, -0.2) is 43.1 Å². The second-order valence-electron chi connectivity index (χ2n) is 5.14. The van der Waals surface area contributed by atoms with E-state index in [0.29, 0.717) is 6.42 Å². The minimum atomic E-state index is -0.334. The van der Waals surface area contributed by atoms with Crippen LogP contribution < -0.4 is 0 Å². The molecule has 1 rings (SSSR count). The summed E-state index contributed by atoms with van der Waals surface area (Å²) < 4.78 is 10.6. The van der Waals surface area contributed by atoms with E-state index >= 15 is 0 Å². The maximum Gasteiger partial charge on any atom is 0.332 e. The molecule has 0 fully saturated rings. The molecule has 0 saturated carbocycles. The normalized spacial score (nSPS) is 27.8. The maximum absolute atomic E-state index is 11.7. The van der Waals surface area contributed by atoms with E-state index in [4.69, 9.17) is 9.47 Å². The topological polar surface area (TPSA) is 55.8 Å². The van der Waals surface area contributed by atoms with E-state index in [1.807, 2.05) is 25.9 Å². The zero-order valence-electron chi connectivity index (χ0n) is 12.1. The number of carbonyl (C=O) groups is 2. The van der Waals surface area contributed by atoms with Crippen molar-refractivity contribution in [2.75, 3.05) is 14.1 Å². The predicted octanol–water partition coefficient (Wildman–Crippen LogP) is 1.87. The summed E-state index contributed by atoms with van der Waals surface area (Å²) in [5, 5.41) is 0. The van der Waals surface area contributed by atoms with Gasteiger partial charge in [-0.25, -0.2) is 4.79 Å². The maximum atomic E-state index is 11.7. The smallest absolute Gasteiger partial charge is 0.332 e. The van der Waals surface area contributed by atoms with E-state index < -0.39 is 0 Å². The van der Waals surface area contributed by atoms with Crippen molar-refractivity contribution in [3.63, 3.8) is 0 Å². The molecule has 1 aliphatic rings. The van der Waals surface area contributed by atoms with Crippen molar-refractivity contribution in [2.45, 2.75) is 51.7 Å². The van der Waals surface area contributed by atoms with Gasteiger partial charge in [0.05, 0.1) is 6.10 Å². The molecule has 2 unspecified atom stereocenters. The van der Waals surface area contributed by atoms with Crippen molar-refractivity contribution in [2.24, 2.45) is 0 Å². The molecule has 0 spiro atoms. The highest BCUT2D eigenvalue weighted by Gasteiger charge is 2.20. The van der Waals surface area contributed by atoms with E-state index in [0.717, 1.165) is 25.0 Å². The first-order chi connectivity index (χ1) is 8.88. The van der Waals surface area contributed by atoms with Gasteiger partial charge >= 0.3 is 11.9 Å². The van der Waals surface area contributed by atoms with Gasteiger partial charge in [0.25, 0.3) is 0 Å². The number of esters is 2. The third kappa shape index (κ3) is 5.77. The molecule has 19 heavy (non-hydrogen) atoms. The van der Waals surface area contributed by atoms with E-state index in [1.165, 1.54) is 13.0 Å². The molecule has 0 N–H and O–H groups in total. The lowest BCUT2D eigenvalue weighted by Gasteiger charge is -2.25. The van der Waals surface area contributed by atoms with E-state index in [-0.39, 0.29) is 24.1 Å². The summed E-state index contributed by atoms with van der Waals surface area (Å²) in [4.78, 5) is 24.7. The van der Waals surface area contributed by atoms with Gasteiger partial charge in [0.2, 0.25) is 0 Å². The van der Waals surface area contributed by atoms with Gasteiger partial charge in [-0.3, -0.25) is 4.79 Å². The molecular weight excluding hydrogens is 246 g/mol. The quantitative estimate of drug-likeness (QED) is 0.716. The summed E-state index contributed by atoms with van der Waals surface area (Å²) in [7, 11) is 3.72. The molecular formula is C14H23NO4. The molecule has 0 bridgehead atoms. The first-order valence-electron chi connectivity index (χ1n) is 6.64. The average molecular weight is 269 g/mol. The van der Waals surface area contributed by atoms with Crippen molar-refractivity contribution in [3.8, 4) is 0 Å². The number of hydrogen-bond acceptors (Lipinski definition) is 5. The predicted molar refractivity (Wildman–Crippen MR) is 71.3 cm³/mol. The Hall–Kier alpha value is -1.52. The zero-order valence-corrected chi connectivity index (χ0v) is 12.1. The van der Waals surface area contributed by atoms with Crippen LogP contribution in [-0.2, 0) is 19.1 Å².